The Kier molecular flexibility index (Phi) is 4.11. The van der Waals surface area contributed by atoms with Crippen molar-refractivity contribution in [3.05, 3.63) is 35.4 Å². The average molecular weight is 244 g/mol. The zero-order valence-corrected chi connectivity index (χ0v) is 7.45. The Hall–Kier alpha value is -0.570. The number of carboxylic acids is 1. The van der Waals surface area contributed by atoms with Gasteiger partial charge in [-0.1, -0.05) is 18.2 Å². The molecule has 63 valence electrons. The van der Waals surface area contributed by atoms with E-state index in [-0.39, 0.29) is 22.4 Å². The number of benzene rings is 1. The van der Waals surface area contributed by atoms with Crippen molar-refractivity contribution in [2.24, 2.45) is 0 Å². The summed E-state index contributed by atoms with van der Waals surface area (Å²) in [5, 5.41) is 8.57. The molecule has 0 amide bonds. The van der Waals surface area contributed by atoms with Crippen LogP contribution >= 0.6 is 0 Å². The summed E-state index contributed by atoms with van der Waals surface area (Å²) in [5.41, 5.74) is 1.18. The van der Waals surface area contributed by atoms with Gasteiger partial charge in [0.1, 0.15) is 0 Å². The van der Waals surface area contributed by atoms with E-state index in [1.807, 2.05) is 6.07 Å². The quantitative estimate of drug-likeness (QED) is 0.763. The van der Waals surface area contributed by atoms with Gasteiger partial charge in [0, 0.05) is 22.4 Å². The zero-order chi connectivity index (χ0) is 7.56. The second-order valence-electron chi connectivity index (χ2n) is 2.12. The van der Waals surface area contributed by atoms with Crippen LogP contribution in [-0.4, -0.2) is 11.1 Å². The Morgan fingerprint density at radius 2 is 1.91 bits per heavy atom. The standard InChI is InChI=1S/C8H8O2.Ag/c1-6-4-2-3-5-7(6)8(9)10;/h2-5H,1H3,(H,9,10);. The van der Waals surface area contributed by atoms with Crippen LogP contribution in [0.15, 0.2) is 24.3 Å². The fourth-order valence-corrected chi connectivity index (χ4v) is 0.813. The van der Waals surface area contributed by atoms with E-state index in [9.17, 15) is 4.79 Å². The molecule has 0 saturated heterocycles. The van der Waals surface area contributed by atoms with Crippen LogP contribution in [0.4, 0.5) is 0 Å². The van der Waals surface area contributed by atoms with E-state index < -0.39 is 5.97 Å². The monoisotopic (exact) mass is 243 g/mol. The molecule has 0 aliphatic carbocycles. The minimum absolute atomic E-state index is 0. The van der Waals surface area contributed by atoms with Gasteiger partial charge in [-0.2, -0.15) is 0 Å². The Morgan fingerprint density at radius 3 is 2.27 bits per heavy atom. The molecule has 0 bridgehead atoms. The van der Waals surface area contributed by atoms with Crippen molar-refractivity contribution < 1.29 is 32.3 Å². The van der Waals surface area contributed by atoms with Gasteiger partial charge >= 0.3 is 5.97 Å². The van der Waals surface area contributed by atoms with E-state index in [2.05, 4.69) is 0 Å². The molecular formula is C8H8AgO2. The van der Waals surface area contributed by atoms with Gasteiger partial charge in [0.05, 0.1) is 5.56 Å². The molecule has 1 rings (SSSR count). The van der Waals surface area contributed by atoms with Gasteiger partial charge < -0.3 is 5.11 Å². The van der Waals surface area contributed by atoms with Gasteiger partial charge in [0.2, 0.25) is 0 Å². The SMILES string of the molecule is Cc1ccccc1C(=O)O.[Ag]. The zero-order valence-electron chi connectivity index (χ0n) is 5.97. The number of aryl methyl sites for hydroxylation is 1. The first kappa shape index (κ1) is 10.4. The molecule has 0 fully saturated rings. The molecule has 11 heavy (non-hydrogen) atoms. The summed E-state index contributed by atoms with van der Waals surface area (Å²) in [5.74, 6) is -0.863. The summed E-state index contributed by atoms with van der Waals surface area (Å²) in [4.78, 5) is 10.4. The summed E-state index contributed by atoms with van der Waals surface area (Å²) >= 11 is 0. The molecule has 1 N–H and O–H groups in total. The van der Waals surface area contributed by atoms with Gasteiger partial charge in [-0.15, -0.1) is 0 Å². The van der Waals surface area contributed by atoms with Crippen molar-refractivity contribution >= 4 is 5.97 Å². The Bertz CT molecular complexity index is 258. The molecule has 0 aromatic heterocycles. The first-order chi connectivity index (χ1) is 4.72. The fourth-order valence-electron chi connectivity index (χ4n) is 0.813. The molecule has 1 radical (unpaired) electrons. The molecule has 0 unspecified atom stereocenters. The van der Waals surface area contributed by atoms with Crippen LogP contribution in [0.5, 0.6) is 0 Å². The van der Waals surface area contributed by atoms with Crippen molar-refractivity contribution in [3.8, 4) is 0 Å². The third-order valence-corrected chi connectivity index (χ3v) is 1.38. The Morgan fingerprint density at radius 1 is 1.36 bits per heavy atom. The summed E-state index contributed by atoms with van der Waals surface area (Å²) in [6.45, 7) is 1.78. The Balaban J connectivity index is 0.000001000. The van der Waals surface area contributed by atoms with Gasteiger partial charge in [-0.05, 0) is 18.6 Å². The third-order valence-electron chi connectivity index (χ3n) is 1.38. The van der Waals surface area contributed by atoms with E-state index in [1.54, 1.807) is 25.1 Å². The molecule has 0 heterocycles. The molecule has 1 aromatic rings. The van der Waals surface area contributed by atoms with Crippen LogP contribution in [-0.2, 0) is 22.4 Å². The van der Waals surface area contributed by atoms with Crippen LogP contribution in [0.25, 0.3) is 0 Å². The second kappa shape index (κ2) is 4.34. The molecule has 3 heteroatoms. The molecule has 2 nitrogen and oxygen atoms in total. The average Bonchev–Trinajstić information content (AvgIpc) is 1.88. The number of hydrogen-bond donors (Lipinski definition) is 1. The van der Waals surface area contributed by atoms with E-state index in [4.69, 9.17) is 5.11 Å². The predicted molar refractivity (Wildman–Crippen MR) is 38.1 cm³/mol. The van der Waals surface area contributed by atoms with Crippen LogP contribution < -0.4 is 0 Å². The van der Waals surface area contributed by atoms with Crippen LogP contribution in [0.1, 0.15) is 15.9 Å². The summed E-state index contributed by atoms with van der Waals surface area (Å²) in [6, 6.07) is 6.92. The maximum absolute atomic E-state index is 10.4. The number of rotatable bonds is 1. The summed E-state index contributed by atoms with van der Waals surface area (Å²) in [7, 11) is 0. The number of hydrogen-bond acceptors (Lipinski definition) is 1. The van der Waals surface area contributed by atoms with E-state index >= 15 is 0 Å². The maximum atomic E-state index is 10.4. The molecular weight excluding hydrogens is 236 g/mol. The van der Waals surface area contributed by atoms with Gasteiger partial charge in [-0.25, -0.2) is 4.79 Å². The Labute approximate surface area is 80.8 Å². The molecule has 0 spiro atoms. The largest absolute Gasteiger partial charge is 0.478 e. The molecule has 0 aliphatic rings. The van der Waals surface area contributed by atoms with Gasteiger partial charge in [-0.3, -0.25) is 0 Å². The minimum Gasteiger partial charge on any atom is -0.478 e. The van der Waals surface area contributed by atoms with Gasteiger partial charge in [0.15, 0.2) is 0 Å². The minimum atomic E-state index is -0.863. The van der Waals surface area contributed by atoms with Crippen molar-refractivity contribution in [1.82, 2.24) is 0 Å². The number of aromatic carboxylic acids is 1. The number of carbonyl (C=O) groups is 1. The topological polar surface area (TPSA) is 37.3 Å². The van der Waals surface area contributed by atoms with Crippen molar-refractivity contribution in [3.63, 3.8) is 0 Å². The van der Waals surface area contributed by atoms with Crippen LogP contribution in [0.3, 0.4) is 0 Å². The van der Waals surface area contributed by atoms with Crippen molar-refractivity contribution in [2.75, 3.05) is 0 Å². The van der Waals surface area contributed by atoms with Crippen LogP contribution in [0, 0.1) is 6.92 Å². The first-order valence-electron chi connectivity index (χ1n) is 3.01. The fraction of sp³-hybridized carbons (Fsp3) is 0.125. The van der Waals surface area contributed by atoms with Crippen molar-refractivity contribution in [1.29, 1.82) is 0 Å². The predicted octanol–water partition coefficient (Wildman–Crippen LogP) is 1.69. The van der Waals surface area contributed by atoms with E-state index in [0.717, 1.165) is 5.56 Å². The number of carboxylic acid groups (broad SMARTS) is 1. The van der Waals surface area contributed by atoms with Crippen molar-refractivity contribution in [2.45, 2.75) is 6.92 Å². The van der Waals surface area contributed by atoms with E-state index in [0.29, 0.717) is 5.56 Å². The third kappa shape index (κ3) is 2.50. The normalized spacial score (nSPS) is 8.45. The molecule has 1 aromatic carbocycles. The summed E-state index contributed by atoms with van der Waals surface area (Å²) in [6.07, 6.45) is 0. The molecule has 0 atom stereocenters. The first-order valence-corrected chi connectivity index (χ1v) is 3.01. The van der Waals surface area contributed by atoms with Crippen LogP contribution in [0.2, 0.25) is 0 Å². The van der Waals surface area contributed by atoms with Gasteiger partial charge in [0.25, 0.3) is 0 Å². The summed E-state index contributed by atoms with van der Waals surface area (Å²) < 4.78 is 0. The second-order valence-corrected chi connectivity index (χ2v) is 2.12. The smallest absolute Gasteiger partial charge is 0.335 e. The molecule has 0 saturated carbocycles. The maximum Gasteiger partial charge on any atom is 0.335 e. The molecule has 0 aliphatic heterocycles. The van der Waals surface area contributed by atoms with E-state index in [1.165, 1.54) is 0 Å².